The van der Waals surface area contributed by atoms with E-state index in [1.165, 1.54) is 6.92 Å². The molecule has 15 heavy (non-hydrogen) atoms. The first kappa shape index (κ1) is 11.7. The Morgan fingerprint density at radius 2 is 2.33 bits per heavy atom. The van der Waals surface area contributed by atoms with Crippen molar-refractivity contribution in [2.75, 3.05) is 25.6 Å². The number of aliphatic hydroxyl groups excluding tert-OH is 1. The van der Waals surface area contributed by atoms with Gasteiger partial charge >= 0.3 is 0 Å². The van der Waals surface area contributed by atoms with Gasteiger partial charge in [-0.15, -0.1) is 0 Å². The minimum absolute atomic E-state index is 0.205. The molecule has 1 heterocycles. The molecular weight excluding hydrogens is 196 g/mol. The summed E-state index contributed by atoms with van der Waals surface area (Å²) >= 11 is 0. The second kappa shape index (κ2) is 4.95. The highest BCUT2D eigenvalue weighted by atomic mass is 16.5. The number of aliphatic hydroxyl groups is 2. The average Bonchev–Trinajstić information content (AvgIpc) is 2.27. The van der Waals surface area contributed by atoms with Gasteiger partial charge in [0.05, 0.1) is 13.7 Å². The standard InChI is InChI=1S/C10H16N2O3/c1-10(14,7-13)6-12-9-8(15-2)4-3-5-11-9/h3-5,13-14H,6-7H2,1-2H3,(H,11,12). The minimum Gasteiger partial charge on any atom is -0.493 e. The number of nitrogens with one attached hydrogen (secondary N) is 1. The van der Waals surface area contributed by atoms with Crippen LogP contribution in [0.15, 0.2) is 18.3 Å². The Bertz CT molecular complexity index is 315. The van der Waals surface area contributed by atoms with Gasteiger partial charge in [-0.05, 0) is 19.1 Å². The molecule has 1 aromatic rings. The number of hydrogen-bond acceptors (Lipinski definition) is 5. The summed E-state index contributed by atoms with van der Waals surface area (Å²) in [6, 6.07) is 3.52. The van der Waals surface area contributed by atoms with Gasteiger partial charge in [-0.3, -0.25) is 0 Å². The van der Waals surface area contributed by atoms with E-state index in [0.717, 1.165) is 0 Å². The number of hydrogen-bond donors (Lipinski definition) is 3. The summed E-state index contributed by atoms with van der Waals surface area (Å²) in [5, 5.41) is 21.3. The Morgan fingerprint density at radius 3 is 2.93 bits per heavy atom. The van der Waals surface area contributed by atoms with Gasteiger partial charge < -0.3 is 20.3 Å². The summed E-state index contributed by atoms with van der Waals surface area (Å²) in [5.74, 6) is 1.15. The Labute approximate surface area is 88.7 Å². The first-order valence-corrected chi connectivity index (χ1v) is 4.65. The highest BCUT2D eigenvalue weighted by molar-refractivity contribution is 5.49. The fourth-order valence-electron chi connectivity index (χ4n) is 1.02. The molecule has 0 bridgehead atoms. The molecule has 1 aromatic heterocycles. The summed E-state index contributed by atoms with van der Waals surface area (Å²) < 4.78 is 5.08. The van der Waals surface area contributed by atoms with E-state index < -0.39 is 5.60 Å². The zero-order chi connectivity index (χ0) is 11.3. The lowest BCUT2D eigenvalue weighted by atomic mass is 10.1. The maximum atomic E-state index is 9.57. The lowest BCUT2D eigenvalue weighted by Crippen LogP contribution is -2.37. The lowest BCUT2D eigenvalue weighted by Gasteiger charge is -2.21. The van der Waals surface area contributed by atoms with Crippen molar-refractivity contribution in [3.05, 3.63) is 18.3 Å². The largest absolute Gasteiger partial charge is 0.493 e. The molecule has 5 nitrogen and oxygen atoms in total. The van der Waals surface area contributed by atoms with Gasteiger partial charge in [0.25, 0.3) is 0 Å². The topological polar surface area (TPSA) is 74.6 Å². The summed E-state index contributed by atoms with van der Waals surface area (Å²) in [6.07, 6.45) is 1.62. The molecule has 0 amide bonds. The van der Waals surface area contributed by atoms with Crippen LogP contribution in [0.4, 0.5) is 5.82 Å². The summed E-state index contributed by atoms with van der Waals surface area (Å²) in [5.41, 5.74) is -1.16. The van der Waals surface area contributed by atoms with Gasteiger partial charge in [0.2, 0.25) is 0 Å². The van der Waals surface area contributed by atoms with Crippen LogP contribution in [0.3, 0.4) is 0 Å². The van der Waals surface area contributed by atoms with Crippen molar-refractivity contribution in [1.82, 2.24) is 4.98 Å². The number of methoxy groups -OCH3 is 1. The van der Waals surface area contributed by atoms with E-state index in [4.69, 9.17) is 9.84 Å². The molecule has 1 unspecified atom stereocenters. The minimum atomic E-state index is -1.16. The molecule has 0 aliphatic carbocycles. The lowest BCUT2D eigenvalue weighted by molar-refractivity contribution is 0.0131. The van der Waals surface area contributed by atoms with Gasteiger partial charge in [-0.1, -0.05) is 0 Å². The second-order valence-corrected chi connectivity index (χ2v) is 3.56. The maximum absolute atomic E-state index is 9.57. The summed E-state index contributed by atoms with van der Waals surface area (Å²) in [6.45, 7) is 1.43. The van der Waals surface area contributed by atoms with Crippen LogP contribution < -0.4 is 10.1 Å². The van der Waals surface area contributed by atoms with Crippen LogP contribution in [0.2, 0.25) is 0 Å². The zero-order valence-corrected chi connectivity index (χ0v) is 8.90. The Balaban J connectivity index is 2.65. The fourth-order valence-corrected chi connectivity index (χ4v) is 1.02. The molecule has 0 spiro atoms. The van der Waals surface area contributed by atoms with Crippen LogP contribution in [0, 0.1) is 0 Å². The third-order valence-electron chi connectivity index (χ3n) is 1.97. The van der Waals surface area contributed by atoms with E-state index in [0.29, 0.717) is 11.6 Å². The molecule has 0 aromatic carbocycles. The van der Waals surface area contributed by atoms with Gasteiger partial charge in [-0.25, -0.2) is 4.98 Å². The SMILES string of the molecule is COc1cccnc1NCC(C)(O)CO. The number of nitrogens with zero attached hydrogens (tertiary/aromatic N) is 1. The molecule has 0 fully saturated rings. The monoisotopic (exact) mass is 212 g/mol. The molecule has 5 heteroatoms. The van der Waals surface area contributed by atoms with Crippen molar-refractivity contribution in [3.8, 4) is 5.75 Å². The number of ether oxygens (including phenoxy) is 1. The number of rotatable bonds is 5. The molecule has 0 aliphatic rings. The zero-order valence-electron chi connectivity index (χ0n) is 8.90. The third kappa shape index (κ3) is 3.38. The quantitative estimate of drug-likeness (QED) is 0.652. The van der Waals surface area contributed by atoms with Gasteiger partial charge in [0.1, 0.15) is 5.60 Å². The highest BCUT2D eigenvalue weighted by Crippen LogP contribution is 2.20. The Kier molecular flexibility index (Phi) is 3.88. The fraction of sp³-hybridized carbons (Fsp3) is 0.500. The molecule has 3 N–H and O–H groups in total. The molecule has 1 atom stereocenters. The number of anilines is 1. The van der Waals surface area contributed by atoms with Crippen LogP contribution in [-0.2, 0) is 0 Å². The van der Waals surface area contributed by atoms with Crippen LogP contribution in [-0.4, -0.2) is 41.1 Å². The molecular formula is C10H16N2O3. The molecule has 0 aliphatic heterocycles. The Hall–Kier alpha value is -1.33. The number of pyridine rings is 1. The molecule has 1 rings (SSSR count). The van der Waals surface area contributed by atoms with Crippen LogP contribution >= 0.6 is 0 Å². The van der Waals surface area contributed by atoms with Gasteiger partial charge in [0, 0.05) is 12.7 Å². The van der Waals surface area contributed by atoms with Gasteiger partial charge in [-0.2, -0.15) is 0 Å². The maximum Gasteiger partial charge on any atom is 0.168 e. The van der Waals surface area contributed by atoms with Crippen molar-refractivity contribution in [2.24, 2.45) is 0 Å². The molecule has 0 saturated heterocycles. The first-order chi connectivity index (χ1) is 7.09. The van der Waals surface area contributed by atoms with Crippen LogP contribution in [0.1, 0.15) is 6.92 Å². The van der Waals surface area contributed by atoms with E-state index in [9.17, 15) is 5.11 Å². The van der Waals surface area contributed by atoms with Crippen molar-refractivity contribution >= 4 is 5.82 Å². The molecule has 0 saturated carbocycles. The van der Waals surface area contributed by atoms with Crippen molar-refractivity contribution in [1.29, 1.82) is 0 Å². The van der Waals surface area contributed by atoms with E-state index in [1.807, 2.05) is 0 Å². The van der Waals surface area contributed by atoms with E-state index in [1.54, 1.807) is 25.4 Å². The summed E-state index contributed by atoms with van der Waals surface area (Å²) in [4.78, 5) is 4.06. The van der Waals surface area contributed by atoms with Gasteiger partial charge in [0.15, 0.2) is 11.6 Å². The number of aromatic nitrogens is 1. The van der Waals surface area contributed by atoms with Crippen molar-refractivity contribution < 1.29 is 14.9 Å². The van der Waals surface area contributed by atoms with Crippen LogP contribution in [0.5, 0.6) is 5.75 Å². The molecule has 84 valence electrons. The van der Waals surface area contributed by atoms with Crippen molar-refractivity contribution in [3.63, 3.8) is 0 Å². The predicted molar refractivity (Wildman–Crippen MR) is 57.0 cm³/mol. The summed E-state index contributed by atoms with van der Waals surface area (Å²) in [7, 11) is 1.55. The average molecular weight is 212 g/mol. The van der Waals surface area contributed by atoms with E-state index >= 15 is 0 Å². The van der Waals surface area contributed by atoms with Crippen molar-refractivity contribution in [2.45, 2.75) is 12.5 Å². The van der Waals surface area contributed by atoms with Crippen LogP contribution in [0.25, 0.3) is 0 Å². The third-order valence-corrected chi connectivity index (χ3v) is 1.97. The predicted octanol–water partition coefficient (Wildman–Crippen LogP) is 0.245. The smallest absolute Gasteiger partial charge is 0.168 e. The second-order valence-electron chi connectivity index (χ2n) is 3.56. The highest BCUT2D eigenvalue weighted by Gasteiger charge is 2.19. The molecule has 0 radical (unpaired) electrons. The van der Waals surface area contributed by atoms with E-state index in [-0.39, 0.29) is 13.2 Å². The normalized spacial score (nSPS) is 14.4. The first-order valence-electron chi connectivity index (χ1n) is 4.65. The Morgan fingerprint density at radius 1 is 1.60 bits per heavy atom. The van der Waals surface area contributed by atoms with E-state index in [2.05, 4.69) is 10.3 Å².